The summed E-state index contributed by atoms with van der Waals surface area (Å²) in [5.74, 6) is -1.10. The third-order valence-electron chi connectivity index (χ3n) is 3.54. The van der Waals surface area contributed by atoms with E-state index in [4.69, 9.17) is 16.3 Å². The number of Topliss-reactive ketones (excluding diaryl/α,β-unsaturated/α-hetero) is 1. The van der Waals surface area contributed by atoms with Crippen LogP contribution in [-0.4, -0.2) is 46.6 Å². The first-order valence-corrected chi connectivity index (χ1v) is 7.76. The first-order chi connectivity index (χ1) is 11.4. The lowest BCUT2D eigenvalue weighted by molar-refractivity contribution is -0.385. The smallest absolute Gasteiger partial charge is 0.330 e. The summed E-state index contributed by atoms with van der Waals surface area (Å²) < 4.78 is 4.98. The predicted octanol–water partition coefficient (Wildman–Crippen LogP) is 2.44. The van der Waals surface area contributed by atoms with Crippen molar-refractivity contribution in [3.05, 3.63) is 38.9 Å². The minimum atomic E-state index is -0.702. The number of nitro groups is 1. The van der Waals surface area contributed by atoms with Crippen molar-refractivity contribution in [1.29, 1.82) is 0 Å². The van der Waals surface area contributed by atoms with Crippen LogP contribution < -0.4 is 0 Å². The van der Waals surface area contributed by atoms with E-state index in [-0.39, 0.29) is 35.0 Å². The molecule has 0 saturated carbocycles. The second kappa shape index (κ2) is 7.39. The molecular formula is C15H16ClN3O5. The van der Waals surface area contributed by atoms with Crippen molar-refractivity contribution >= 4 is 34.8 Å². The monoisotopic (exact) mass is 353 g/mol. The molecule has 0 radical (unpaired) electrons. The van der Waals surface area contributed by atoms with Crippen LogP contribution in [0.4, 0.5) is 5.69 Å². The summed E-state index contributed by atoms with van der Waals surface area (Å²) in [7, 11) is 0. The van der Waals surface area contributed by atoms with Crippen molar-refractivity contribution in [1.82, 2.24) is 5.01 Å². The van der Waals surface area contributed by atoms with Crippen LogP contribution in [-0.2, 0) is 9.53 Å². The van der Waals surface area contributed by atoms with Crippen LogP contribution in [0.15, 0.2) is 23.3 Å². The van der Waals surface area contributed by atoms with E-state index in [0.717, 1.165) is 0 Å². The molecule has 0 bridgehead atoms. The Bertz CT molecular complexity index is 719. The van der Waals surface area contributed by atoms with Gasteiger partial charge < -0.3 is 4.74 Å². The van der Waals surface area contributed by atoms with E-state index in [9.17, 15) is 19.7 Å². The Kier molecular flexibility index (Phi) is 5.50. The van der Waals surface area contributed by atoms with E-state index in [1.54, 1.807) is 13.8 Å². The van der Waals surface area contributed by atoms with Crippen LogP contribution in [0.2, 0.25) is 5.02 Å². The molecule has 0 spiro atoms. The van der Waals surface area contributed by atoms with Gasteiger partial charge in [-0.25, -0.2) is 4.79 Å². The molecule has 0 aliphatic carbocycles. The summed E-state index contributed by atoms with van der Waals surface area (Å²) in [6.45, 7) is 4.09. The number of benzene rings is 1. The van der Waals surface area contributed by atoms with Gasteiger partial charge in [-0.3, -0.25) is 19.9 Å². The highest BCUT2D eigenvalue weighted by Crippen LogP contribution is 2.26. The highest BCUT2D eigenvalue weighted by Gasteiger charge is 2.37. The summed E-state index contributed by atoms with van der Waals surface area (Å²) in [5, 5.41) is 16.9. The molecule has 0 saturated heterocycles. The quantitative estimate of drug-likeness (QED) is 0.337. The molecule has 24 heavy (non-hydrogen) atoms. The number of likely N-dealkylation sites (N-methyl/N-ethyl adjacent to an activating group) is 1. The molecule has 1 heterocycles. The van der Waals surface area contributed by atoms with Crippen molar-refractivity contribution in [2.75, 3.05) is 13.2 Å². The number of ketones is 1. The number of hydrogen-bond donors (Lipinski definition) is 0. The Hall–Kier alpha value is -2.48. The number of esters is 1. The number of carbonyl (C=O) groups is 2. The molecule has 1 aliphatic heterocycles. The van der Waals surface area contributed by atoms with Crippen molar-refractivity contribution < 1.29 is 19.2 Å². The van der Waals surface area contributed by atoms with Gasteiger partial charge in [0.05, 0.1) is 11.5 Å². The van der Waals surface area contributed by atoms with Crippen LogP contribution >= 0.6 is 11.6 Å². The Balaban J connectivity index is 2.33. The van der Waals surface area contributed by atoms with Crippen molar-refractivity contribution in [3.63, 3.8) is 0 Å². The summed E-state index contributed by atoms with van der Waals surface area (Å²) in [6.07, 6.45) is 0.0369. The third-order valence-corrected chi connectivity index (χ3v) is 3.78. The van der Waals surface area contributed by atoms with Gasteiger partial charge in [-0.15, -0.1) is 0 Å². The molecule has 8 nitrogen and oxygen atoms in total. The molecule has 1 atom stereocenters. The first kappa shape index (κ1) is 17.9. The fourth-order valence-corrected chi connectivity index (χ4v) is 2.60. The van der Waals surface area contributed by atoms with Crippen molar-refractivity contribution in [3.8, 4) is 0 Å². The second-order valence-corrected chi connectivity index (χ2v) is 5.46. The van der Waals surface area contributed by atoms with E-state index in [2.05, 4.69) is 5.10 Å². The molecular weight excluding hydrogens is 338 g/mol. The summed E-state index contributed by atoms with van der Waals surface area (Å²) in [6, 6.07) is 3.05. The number of nitrogens with zero attached hydrogens (tertiary/aromatic N) is 3. The van der Waals surface area contributed by atoms with Gasteiger partial charge in [0.1, 0.15) is 17.3 Å². The number of hydrazone groups is 1. The summed E-state index contributed by atoms with van der Waals surface area (Å²) >= 11 is 5.85. The molecule has 0 amide bonds. The highest BCUT2D eigenvalue weighted by atomic mass is 35.5. The van der Waals surface area contributed by atoms with Crippen LogP contribution in [0.25, 0.3) is 0 Å². The molecule has 0 N–H and O–H groups in total. The highest BCUT2D eigenvalue weighted by molar-refractivity contribution is 6.47. The molecule has 1 aromatic carbocycles. The van der Waals surface area contributed by atoms with E-state index in [1.165, 1.54) is 23.2 Å². The second-order valence-electron chi connectivity index (χ2n) is 5.02. The SMILES string of the molecule is CCOC(=O)C1CC(C(=O)c2cc(Cl)ccc2[N+](=O)[O-])=NN1CC. The Morgan fingerprint density at radius 2 is 2.17 bits per heavy atom. The van der Waals surface area contributed by atoms with Crippen LogP contribution in [0.3, 0.4) is 0 Å². The Morgan fingerprint density at radius 3 is 2.75 bits per heavy atom. The predicted molar refractivity (Wildman–Crippen MR) is 87.3 cm³/mol. The molecule has 1 aromatic rings. The number of rotatable bonds is 6. The normalized spacial score (nSPS) is 16.7. The van der Waals surface area contributed by atoms with E-state index in [1.807, 2.05) is 0 Å². The Labute approximate surface area is 143 Å². The van der Waals surface area contributed by atoms with E-state index in [0.29, 0.717) is 6.54 Å². The number of ether oxygens (including phenoxy) is 1. The van der Waals surface area contributed by atoms with Gasteiger partial charge in [0.25, 0.3) is 5.69 Å². The lowest BCUT2D eigenvalue weighted by Gasteiger charge is -2.19. The first-order valence-electron chi connectivity index (χ1n) is 7.38. The molecule has 9 heteroatoms. The maximum atomic E-state index is 12.6. The Morgan fingerprint density at radius 1 is 1.46 bits per heavy atom. The van der Waals surface area contributed by atoms with Crippen molar-refractivity contribution in [2.45, 2.75) is 26.3 Å². The van der Waals surface area contributed by atoms with Gasteiger partial charge in [-0.05, 0) is 26.0 Å². The van der Waals surface area contributed by atoms with Gasteiger partial charge >= 0.3 is 5.97 Å². The van der Waals surface area contributed by atoms with Crippen LogP contribution in [0.1, 0.15) is 30.6 Å². The van der Waals surface area contributed by atoms with E-state index < -0.39 is 22.7 Å². The minimum Gasteiger partial charge on any atom is -0.464 e. The number of hydrogen-bond acceptors (Lipinski definition) is 7. The minimum absolute atomic E-state index is 0.0369. The van der Waals surface area contributed by atoms with Crippen LogP contribution in [0.5, 0.6) is 0 Å². The largest absolute Gasteiger partial charge is 0.464 e. The topological polar surface area (TPSA) is 102 Å². The molecule has 128 valence electrons. The lowest BCUT2D eigenvalue weighted by atomic mass is 10.0. The van der Waals surface area contributed by atoms with Gasteiger partial charge in [-0.1, -0.05) is 11.6 Å². The summed E-state index contributed by atoms with van der Waals surface area (Å²) in [4.78, 5) is 35.1. The van der Waals surface area contributed by atoms with Gasteiger partial charge in [-0.2, -0.15) is 5.10 Å². The lowest BCUT2D eigenvalue weighted by Crippen LogP contribution is -2.35. The van der Waals surface area contributed by atoms with E-state index >= 15 is 0 Å². The fraction of sp³-hybridized carbons (Fsp3) is 0.400. The van der Waals surface area contributed by atoms with Crippen LogP contribution in [0, 0.1) is 10.1 Å². The molecule has 1 aliphatic rings. The van der Waals surface area contributed by atoms with Crippen molar-refractivity contribution in [2.24, 2.45) is 5.10 Å². The average Bonchev–Trinajstić information content (AvgIpc) is 2.98. The molecule has 1 unspecified atom stereocenters. The zero-order valence-electron chi connectivity index (χ0n) is 13.2. The average molecular weight is 354 g/mol. The number of nitro benzene ring substituents is 1. The zero-order valence-corrected chi connectivity index (χ0v) is 13.9. The maximum Gasteiger partial charge on any atom is 0.330 e. The third kappa shape index (κ3) is 3.53. The van der Waals surface area contributed by atoms with Gasteiger partial charge in [0, 0.05) is 24.1 Å². The number of carbonyl (C=O) groups excluding carboxylic acids is 2. The fourth-order valence-electron chi connectivity index (χ4n) is 2.43. The summed E-state index contributed by atoms with van der Waals surface area (Å²) in [5.41, 5.74) is -0.429. The molecule has 0 fully saturated rings. The standard InChI is InChI=1S/C15H16ClN3O5/c1-3-18-13(15(21)24-4-2)8-11(17-18)14(20)10-7-9(16)5-6-12(10)19(22)23/h5-7,13H,3-4,8H2,1-2H3. The molecule has 0 aromatic heterocycles. The molecule has 2 rings (SSSR count). The van der Waals surface area contributed by atoms with Gasteiger partial charge in [0.2, 0.25) is 5.78 Å². The number of halogens is 1. The maximum absolute atomic E-state index is 12.6. The zero-order chi connectivity index (χ0) is 17.9. The van der Waals surface area contributed by atoms with Gasteiger partial charge in [0.15, 0.2) is 0 Å².